The zero-order valence-corrected chi connectivity index (χ0v) is 20.6. The molecule has 5 aromatic carbocycles. The molecule has 4 heteroatoms. The molecule has 0 aromatic heterocycles. The van der Waals surface area contributed by atoms with Gasteiger partial charge in [-0.3, -0.25) is 0 Å². The second-order valence-corrected chi connectivity index (χ2v) is 12.2. The Labute approximate surface area is 204 Å². The average Bonchev–Trinajstić information content (AvgIpc) is 2.92. The lowest BCUT2D eigenvalue weighted by Gasteiger charge is -2.39. The summed E-state index contributed by atoms with van der Waals surface area (Å²) in [5.74, 6) is 0. The molecule has 0 spiro atoms. The Bertz CT molecular complexity index is 1110. The summed E-state index contributed by atoms with van der Waals surface area (Å²) >= 11 is 0. The lowest BCUT2D eigenvalue weighted by molar-refractivity contribution is 0.881. The lowest BCUT2D eigenvalue weighted by atomic mass is 10.3. The molecule has 0 heterocycles. The van der Waals surface area contributed by atoms with Crippen LogP contribution in [0.5, 0.6) is 0 Å². The summed E-state index contributed by atoms with van der Waals surface area (Å²) in [6, 6.07) is 54.0. The maximum Gasteiger partial charge on any atom is 0.0543 e. The fourth-order valence-corrected chi connectivity index (χ4v) is 9.51. The molecule has 166 valence electrons. The number of anilines is 1. The van der Waals surface area contributed by atoms with Gasteiger partial charge in [-0.1, -0.05) is 140 Å². The second kappa shape index (κ2) is 11.2. The van der Waals surface area contributed by atoms with E-state index in [1.54, 1.807) is 0 Å². The van der Waals surface area contributed by atoms with Crippen LogP contribution in [0.2, 0.25) is 0 Å². The van der Waals surface area contributed by atoms with Crippen LogP contribution in [0, 0.1) is 0 Å². The predicted octanol–water partition coefficient (Wildman–Crippen LogP) is 6.41. The van der Waals surface area contributed by atoms with Crippen molar-refractivity contribution in [3.63, 3.8) is 0 Å². The van der Waals surface area contributed by atoms with E-state index in [4.69, 9.17) is 0 Å². The molecule has 0 bridgehead atoms. The van der Waals surface area contributed by atoms with Crippen molar-refractivity contribution in [1.29, 1.82) is 0 Å². The van der Waals surface area contributed by atoms with Crippen molar-refractivity contribution in [1.82, 2.24) is 4.55 Å². The summed E-state index contributed by atoms with van der Waals surface area (Å²) in [5.41, 5.74) is 4.95. The molecule has 0 aliphatic carbocycles. The summed E-state index contributed by atoms with van der Waals surface area (Å²) in [6.45, 7) is 0. The minimum Gasteiger partial charge on any atom is -0.311 e. The molecule has 5 aromatic rings. The van der Waals surface area contributed by atoms with E-state index in [1.807, 2.05) is 0 Å². The van der Waals surface area contributed by atoms with E-state index in [2.05, 4.69) is 162 Å². The van der Waals surface area contributed by atoms with Gasteiger partial charge in [0.1, 0.15) is 0 Å². The van der Waals surface area contributed by atoms with Crippen molar-refractivity contribution in [2.45, 2.75) is 0 Å². The normalized spacial score (nSPS) is 11.1. The van der Waals surface area contributed by atoms with Crippen LogP contribution >= 0.6 is 16.1 Å². The molecule has 0 atom stereocenters. The topological polar surface area (TPSA) is 15.3 Å². The highest BCUT2D eigenvalue weighted by molar-refractivity contribution is 7.84. The quantitative estimate of drug-likeness (QED) is 0.206. The molecule has 0 amide bonds. The third kappa shape index (κ3) is 5.27. The highest BCUT2D eigenvalue weighted by Gasteiger charge is 2.32. The first-order chi connectivity index (χ1) is 16.9. The third-order valence-corrected chi connectivity index (χ3v) is 10.6. The van der Waals surface area contributed by atoms with Crippen molar-refractivity contribution in [2.24, 2.45) is 0 Å². The van der Waals surface area contributed by atoms with Gasteiger partial charge in [0.15, 0.2) is 0 Å². The van der Waals surface area contributed by atoms with Gasteiger partial charge in [-0.05, 0) is 33.4 Å². The van der Waals surface area contributed by atoms with Gasteiger partial charge in [0, 0.05) is 5.69 Å². The van der Waals surface area contributed by atoms with Gasteiger partial charge in [-0.25, -0.2) is 0 Å². The van der Waals surface area contributed by atoms with Gasteiger partial charge in [0.05, 0.1) is 16.1 Å². The molecule has 1 N–H and O–H groups in total. The number of nitrogens with zero attached hydrogens (tertiary/aromatic N) is 1. The van der Waals surface area contributed by atoms with E-state index < -0.39 is 16.1 Å². The van der Waals surface area contributed by atoms with Crippen LogP contribution in [0.25, 0.3) is 0 Å². The van der Waals surface area contributed by atoms with E-state index >= 15 is 0 Å². The van der Waals surface area contributed by atoms with Gasteiger partial charge in [0.2, 0.25) is 0 Å². The fraction of sp³-hybridized carbons (Fsp3) is 0. The average molecular weight is 477 g/mol. The first-order valence-electron chi connectivity index (χ1n) is 11.3. The fourth-order valence-electron chi connectivity index (χ4n) is 3.83. The molecule has 0 fully saturated rings. The monoisotopic (exact) mass is 476 g/mol. The van der Waals surface area contributed by atoms with Crippen molar-refractivity contribution >= 4 is 43.1 Å². The first kappa shape index (κ1) is 22.5. The number of para-hydroxylation sites is 1. The molecule has 0 aliphatic heterocycles. The van der Waals surface area contributed by atoms with Gasteiger partial charge >= 0.3 is 0 Å². The Kier molecular flexibility index (Phi) is 7.44. The lowest BCUT2D eigenvalue weighted by Crippen LogP contribution is -2.35. The van der Waals surface area contributed by atoms with E-state index in [1.165, 1.54) is 21.2 Å². The molecular formula is C30H26N2P2. The van der Waals surface area contributed by atoms with Crippen LogP contribution in [-0.2, 0) is 0 Å². The summed E-state index contributed by atoms with van der Waals surface area (Å²) < 4.78 is 2.52. The molecule has 0 saturated heterocycles. The van der Waals surface area contributed by atoms with E-state index in [9.17, 15) is 0 Å². The Morgan fingerprint density at radius 1 is 0.353 bits per heavy atom. The Morgan fingerprint density at radius 3 is 0.912 bits per heavy atom. The second-order valence-electron chi connectivity index (χ2n) is 7.73. The Balaban J connectivity index is 1.73. The number of hydrazine groups is 1. The number of benzene rings is 5. The molecule has 34 heavy (non-hydrogen) atoms. The zero-order valence-electron chi connectivity index (χ0n) is 18.8. The zero-order chi connectivity index (χ0) is 23.0. The van der Waals surface area contributed by atoms with Crippen LogP contribution in [0.4, 0.5) is 5.69 Å². The maximum absolute atomic E-state index is 3.86. The number of rotatable bonds is 8. The maximum atomic E-state index is 3.86. The Hall–Kier alpha value is -3.28. The standard InChI is InChI=1S/C30H26N2P2/c1-6-16-26(17-7-1)31-32(33(27-18-8-2-9-19-27)28-20-10-3-11-21-28)34(29-22-12-4-13-23-29)30-24-14-5-15-25-30/h1-25,31H. The number of hydrogen-bond donors (Lipinski definition) is 1. The highest BCUT2D eigenvalue weighted by atomic mass is 31.2. The molecular weight excluding hydrogens is 450 g/mol. The van der Waals surface area contributed by atoms with Gasteiger partial charge < -0.3 is 5.43 Å². The predicted molar refractivity (Wildman–Crippen MR) is 150 cm³/mol. The largest absolute Gasteiger partial charge is 0.311 e. The van der Waals surface area contributed by atoms with Crippen LogP contribution in [0.1, 0.15) is 0 Å². The molecule has 5 rings (SSSR count). The van der Waals surface area contributed by atoms with Crippen LogP contribution in [-0.4, -0.2) is 4.55 Å². The van der Waals surface area contributed by atoms with Crippen LogP contribution in [0.3, 0.4) is 0 Å². The number of nitrogens with one attached hydrogen (secondary N) is 1. The summed E-state index contributed by atoms with van der Waals surface area (Å²) in [6.07, 6.45) is 0. The summed E-state index contributed by atoms with van der Waals surface area (Å²) in [5, 5.41) is 5.25. The van der Waals surface area contributed by atoms with Crippen molar-refractivity contribution in [3.05, 3.63) is 152 Å². The third-order valence-electron chi connectivity index (χ3n) is 5.38. The minimum atomic E-state index is -0.874. The summed E-state index contributed by atoms with van der Waals surface area (Å²) in [4.78, 5) is 0. The molecule has 0 unspecified atom stereocenters. The first-order valence-corrected chi connectivity index (χ1v) is 13.9. The Morgan fingerprint density at radius 2 is 0.618 bits per heavy atom. The SMILES string of the molecule is c1ccc(NN(P(c2ccccc2)c2ccccc2)P(c2ccccc2)c2ccccc2)cc1. The molecule has 0 aliphatic rings. The van der Waals surface area contributed by atoms with E-state index in [0.717, 1.165) is 5.69 Å². The molecule has 0 radical (unpaired) electrons. The van der Waals surface area contributed by atoms with Crippen LogP contribution in [0.15, 0.2) is 152 Å². The smallest absolute Gasteiger partial charge is 0.0543 e. The summed E-state index contributed by atoms with van der Waals surface area (Å²) in [7, 11) is -1.75. The van der Waals surface area contributed by atoms with E-state index in [-0.39, 0.29) is 0 Å². The molecule has 0 saturated carbocycles. The van der Waals surface area contributed by atoms with Gasteiger partial charge in [-0.2, -0.15) is 4.55 Å². The minimum absolute atomic E-state index is 0.874. The highest BCUT2D eigenvalue weighted by Crippen LogP contribution is 2.54. The molecule has 2 nitrogen and oxygen atoms in total. The van der Waals surface area contributed by atoms with E-state index in [0.29, 0.717) is 0 Å². The van der Waals surface area contributed by atoms with Crippen molar-refractivity contribution in [2.75, 3.05) is 5.43 Å². The van der Waals surface area contributed by atoms with Crippen LogP contribution < -0.4 is 26.6 Å². The van der Waals surface area contributed by atoms with Gasteiger partial charge in [0.25, 0.3) is 0 Å². The van der Waals surface area contributed by atoms with Gasteiger partial charge in [-0.15, -0.1) is 0 Å². The number of hydrogen-bond acceptors (Lipinski definition) is 2. The van der Waals surface area contributed by atoms with Crippen molar-refractivity contribution < 1.29 is 0 Å². The van der Waals surface area contributed by atoms with Crippen molar-refractivity contribution in [3.8, 4) is 0 Å².